The molecule has 1 rings (SSSR count). The molecule has 0 N–H and O–H groups in total. The lowest BCUT2D eigenvalue weighted by atomic mass is 10.1. The third-order valence-electron chi connectivity index (χ3n) is 2.31. The molecule has 12 heavy (non-hydrogen) atoms. The van der Waals surface area contributed by atoms with Crippen LogP contribution in [0.1, 0.15) is 39.5 Å². The normalized spacial score (nSPS) is 19.4. The molecule has 1 heteroatoms. The van der Waals surface area contributed by atoms with Crippen LogP contribution in [0.25, 0.3) is 0 Å². The topological polar surface area (TPSA) is 3.24 Å². The Kier molecular flexibility index (Phi) is 4.20. The first-order valence-corrected chi connectivity index (χ1v) is 5.20. The predicted molar refractivity (Wildman–Crippen MR) is 54.0 cm³/mol. The van der Waals surface area contributed by atoms with Gasteiger partial charge in [0.25, 0.3) is 0 Å². The maximum atomic E-state index is 2.45. The Morgan fingerprint density at radius 3 is 2.42 bits per heavy atom. The maximum absolute atomic E-state index is 2.45. The van der Waals surface area contributed by atoms with Crippen LogP contribution in [-0.2, 0) is 0 Å². The van der Waals surface area contributed by atoms with E-state index in [0.29, 0.717) is 0 Å². The maximum Gasteiger partial charge on any atom is 0.0172 e. The van der Waals surface area contributed by atoms with Crippen LogP contribution in [0.4, 0.5) is 0 Å². The van der Waals surface area contributed by atoms with Crippen molar-refractivity contribution < 1.29 is 0 Å². The molecule has 0 radical (unpaired) electrons. The van der Waals surface area contributed by atoms with Gasteiger partial charge in [-0.3, -0.25) is 0 Å². The fourth-order valence-corrected chi connectivity index (χ4v) is 1.55. The van der Waals surface area contributed by atoms with Gasteiger partial charge in [-0.15, -0.1) is 0 Å². The van der Waals surface area contributed by atoms with Gasteiger partial charge in [-0.25, -0.2) is 0 Å². The van der Waals surface area contributed by atoms with Crippen molar-refractivity contribution in [3.63, 3.8) is 0 Å². The number of hydrogen-bond donors (Lipinski definition) is 0. The fourth-order valence-electron chi connectivity index (χ4n) is 1.55. The minimum absolute atomic E-state index is 0.797. The summed E-state index contributed by atoms with van der Waals surface area (Å²) in [6.07, 6.45) is 10.0. The zero-order valence-corrected chi connectivity index (χ0v) is 8.42. The summed E-state index contributed by atoms with van der Waals surface area (Å²) in [7, 11) is 0. The molecule has 0 aromatic carbocycles. The highest BCUT2D eigenvalue weighted by atomic mass is 15.1. The van der Waals surface area contributed by atoms with Gasteiger partial charge < -0.3 is 4.90 Å². The second-order valence-electron chi connectivity index (χ2n) is 4.11. The molecule has 0 aliphatic carbocycles. The SMILES string of the molecule is CC(C)CC=CN1CCCCC1. The lowest BCUT2D eigenvalue weighted by molar-refractivity contribution is 0.308. The average Bonchev–Trinajstić information content (AvgIpc) is 2.05. The number of allylic oxidation sites excluding steroid dienone is 1. The van der Waals surface area contributed by atoms with Gasteiger partial charge in [-0.05, 0) is 37.8 Å². The van der Waals surface area contributed by atoms with Gasteiger partial charge in [0.05, 0.1) is 0 Å². The van der Waals surface area contributed by atoms with E-state index in [1.54, 1.807) is 0 Å². The minimum atomic E-state index is 0.797. The average molecular weight is 167 g/mol. The molecule has 1 saturated heterocycles. The summed E-state index contributed by atoms with van der Waals surface area (Å²) >= 11 is 0. The first kappa shape index (κ1) is 9.63. The molecule has 0 aromatic rings. The summed E-state index contributed by atoms with van der Waals surface area (Å²) in [4.78, 5) is 2.45. The molecular formula is C11H21N. The zero-order chi connectivity index (χ0) is 8.81. The Morgan fingerprint density at radius 2 is 1.83 bits per heavy atom. The molecule has 0 spiro atoms. The highest BCUT2D eigenvalue weighted by Crippen LogP contribution is 2.09. The van der Waals surface area contributed by atoms with Crippen molar-refractivity contribution in [3.8, 4) is 0 Å². The minimum Gasteiger partial charge on any atom is -0.378 e. The van der Waals surface area contributed by atoms with Crippen molar-refractivity contribution in [2.45, 2.75) is 39.5 Å². The van der Waals surface area contributed by atoms with E-state index in [4.69, 9.17) is 0 Å². The molecular weight excluding hydrogens is 146 g/mol. The van der Waals surface area contributed by atoms with Crippen molar-refractivity contribution in [2.75, 3.05) is 13.1 Å². The molecule has 0 aromatic heterocycles. The second-order valence-corrected chi connectivity index (χ2v) is 4.11. The van der Waals surface area contributed by atoms with E-state index in [1.165, 1.54) is 38.8 Å². The van der Waals surface area contributed by atoms with Crippen molar-refractivity contribution in [1.29, 1.82) is 0 Å². The molecule has 1 aliphatic rings. The molecule has 0 bridgehead atoms. The molecule has 70 valence electrons. The number of nitrogens with zero attached hydrogens (tertiary/aromatic N) is 1. The van der Waals surface area contributed by atoms with Gasteiger partial charge in [0.1, 0.15) is 0 Å². The predicted octanol–water partition coefficient (Wildman–Crippen LogP) is 3.03. The summed E-state index contributed by atoms with van der Waals surface area (Å²) in [5.41, 5.74) is 0. The molecule has 0 amide bonds. The highest BCUT2D eigenvalue weighted by Gasteiger charge is 2.04. The van der Waals surface area contributed by atoms with E-state index in [9.17, 15) is 0 Å². The fraction of sp³-hybridized carbons (Fsp3) is 0.818. The lowest BCUT2D eigenvalue weighted by Gasteiger charge is -2.24. The summed E-state index contributed by atoms with van der Waals surface area (Å²) in [5, 5.41) is 0. The van der Waals surface area contributed by atoms with Gasteiger partial charge in [0.15, 0.2) is 0 Å². The van der Waals surface area contributed by atoms with Crippen molar-refractivity contribution >= 4 is 0 Å². The van der Waals surface area contributed by atoms with Gasteiger partial charge >= 0.3 is 0 Å². The number of rotatable bonds is 3. The molecule has 0 atom stereocenters. The number of hydrogen-bond acceptors (Lipinski definition) is 1. The van der Waals surface area contributed by atoms with Crippen LogP contribution < -0.4 is 0 Å². The Labute approximate surface area is 76.5 Å². The standard InChI is InChI=1S/C11H21N/c1-11(2)7-6-10-12-8-4-3-5-9-12/h6,10-11H,3-5,7-9H2,1-2H3. The largest absolute Gasteiger partial charge is 0.378 e. The molecule has 0 saturated carbocycles. The Morgan fingerprint density at radius 1 is 1.17 bits per heavy atom. The third-order valence-corrected chi connectivity index (χ3v) is 2.31. The van der Waals surface area contributed by atoms with Crippen LogP contribution in [-0.4, -0.2) is 18.0 Å². The van der Waals surface area contributed by atoms with Crippen molar-refractivity contribution in [2.24, 2.45) is 5.92 Å². The Bertz CT molecular complexity index is 132. The first-order valence-electron chi connectivity index (χ1n) is 5.20. The third kappa shape index (κ3) is 3.80. The quantitative estimate of drug-likeness (QED) is 0.624. The van der Waals surface area contributed by atoms with E-state index in [1.807, 2.05) is 0 Å². The van der Waals surface area contributed by atoms with E-state index in [2.05, 4.69) is 31.0 Å². The van der Waals surface area contributed by atoms with Crippen molar-refractivity contribution in [3.05, 3.63) is 12.3 Å². The van der Waals surface area contributed by atoms with Gasteiger partial charge in [-0.2, -0.15) is 0 Å². The van der Waals surface area contributed by atoms with Crippen LogP contribution in [0.5, 0.6) is 0 Å². The number of likely N-dealkylation sites (tertiary alicyclic amines) is 1. The van der Waals surface area contributed by atoms with E-state index in [-0.39, 0.29) is 0 Å². The summed E-state index contributed by atoms with van der Waals surface area (Å²) in [6, 6.07) is 0. The highest BCUT2D eigenvalue weighted by molar-refractivity contribution is 4.84. The number of piperidine rings is 1. The summed E-state index contributed by atoms with van der Waals surface area (Å²) < 4.78 is 0. The van der Waals surface area contributed by atoms with E-state index < -0.39 is 0 Å². The van der Waals surface area contributed by atoms with Gasteiger partial charge in [0.2, 0.25) is 0 Å². The van der Waals surface area contributed by atoms with Crippen LogP contribution in [0.15, 0.2) is 12.3 Å². The summed E-state index contributed by atoms with van der Waals surface area (Å²) in [5.74, 6) is 0.797. The van der Waals surface area contributed by atoms with Gasteiger partial charge in [-0.1, -0.05) is 19.9 Å². The zero-order valence-electron chi connectivity index (χ0n) is 8.42. The second kappa shape index (κ2) is 5.23. The van der Waals surface area contributed by atoms with E-state index >= 15 is 0 Å². The first-order chi connectivity index (χ1) is 5.79. The molecule has 1 aliphatic heterocycles. The van der Waals surface area contributed by atoms with Gasteiger partial charge in [0, 0.05) is 13.1 Å². The smallest absolute Gasteiger partial charge is 0.0172 e. The monoisotopic (exact) mass is 167 g/mol. The summed E-state index contributed by atoms with van der Waals surface area (Å²) in [6.45, 7) is 7.07. The Hall–Kier alpha value is -0.460. The lowest BCUT2D eigenvalue weighted by Crippen LogP contribution is -2.24. The van der Waals surface area contributed by atoms with Crippen LogP contribution in [0, 0.1) is 5.92 Å². The molecule has 1 heterocycles. The van der Waals surface area contributed by atoms with Crippen molar-refractivity contribution in [1.82, 2.24) is 4.90 Å². The van der Waals surface area contributed by atoms with Crippen LogP contribution in [0.3, 0.4) is 0 Å². The molecule has 1 fully saturated rings. The Balaban J connectivity index is 2.15. The van der Waals surface area contributed by atoms with Crippen LogP contribution in [0.2, 0.25) is 0 Å². The molecule has 0 unspecified atom stereocenters. The van der Waals surface area contributed by atoms with Crippen LogP contribution >= 0.6 is 0 Å². The molecule has 1 nitrogen and oxygen atoms in total. The van der Waals surface area contributed by atoms with E-state index in [0.717, 1.165) is 5.92 Å².